The van der Waals surface area contributed by atoms with Gasteiger partial charge in [-0.25, -0.2) is 19.5 Å². The molecule has 1 unspecified atom stereocenters. The molecule has 44 heavy (non-hydrogen) atoms. The molecule has 7 rings (SSSR count). The van der Waals surface area contributed by atoms with E-state index in [9.17, 15) is 4.79 Å². The van der Waals surface area contributed by atoms with Gasteiger partial charge in [0.25, 0.3) is 0 Å². The van der Waals surface area contributed by atoms with Gasteiger partial charge in [-0.3, -0.25) is 4.79 Å². The molecule has 2 aliphatic heterocycles. The highest BCUT2D eigenvalue weighted by Crippen LogP contribution is 2.39. The average molecular weight is 592 g/mol. The molecule has 2 aromatic carbocycles. The van der Waals surface area contributed by atoms with Crippen molar-refractivity contribution in [1.29, 1.82) is 0 Å². The van der Waals surface area contributed by atoms with Gasteiger partial charge in [-0.2, -0.15) is 5.10 Å². The number of anilines is 3. The number of aromatic nitrogens is 5. The Morgan fingerprint density at radius 3 is 2.89 bits per heavy atom. The Kier molecular flexibility index (Phi) is 7.18. The van der Waals surface area contributed by atoms with Crippen LogP contribution in [0.4, 0.5) is 17.2 Å². The van der Waals surface area contributed by atoms with E-state index in [0.717, 1.165) is 51.5 Å². The van der Waals surface area contributed by atoms with Gasteiger partial charge >= 0.3 is 0 Å². The first kappa shape index (κ1) is 27.6. The third-order valence-electron chi connectivity index (χ3n) is 7.90. The van der Waals surface area contributed by atoms with E-state index in [4.69, 9.17) is 9.47 Å². The van der Waals surface area contributed by atoms with Crippen LogP contribution in [0.25, 0.3) is 16.6 Å². The van der Waals surface area contributed by atoms with E-state index in [1.807, 2.05) is 79.5 Å². The average Bonchev–Trinajstić information content (AvgIpc) is 3.44. The van der Waals surface area contributed by atoms with Gasteiger partial charge in [-0.15, -0.1) is 0 Å². The van der Waals surface area contributed by atoms with Crippen molar-refractivity contribution in [1.82, 2.24) is 34.4 Å². The molecule has 5 heterocycles. The van der Waals surface area contributed by atoms with Crippen molar-refractivity contribution in [2.75, 3.05) is 57.1 Å². The second kappa shape index (κ2) is 11.5. The van der Waals surface area contributed by atoms with Gasteiger partial charge < -0.3 is 29.5 Å². The number of carbonyl (C=O) groups is 1. The molecule has 0 aliphatic carbocycles. The van der Waals surface area contributed by atoms with Crippen molar-refractivity contribution in [3.05, 3.63) is 79.0 Å². The smallest absolute Gasteiger partial charge is 0.246 e. The second-order valence-electron chi connectivity index (χ2n) is 11.3. The monoisotopic (exact) mass is 591 g/mol. The molecule has 1 fully saturated rings. The van der Waals surface area contributed by atoms with Crippen LogP contribution < -0.4 is 19.7 Å². The van der Waals surface area contributed by atoms with E-state index in [1.165, 1.54) is 6.33 Å². The lowest BCUT2D eigenvalue weighted by molar-refractivity contribution is -0.129. The lowest BCUT2D eigenvalue weighted by Gasteiger charge is -2.39. The third kappa shape index (κ3) is 5.47. The number of hydrogen-bond acceptors (Lipinski definition) is 10. The van der Waals surface area contributed by atoms with Crippen LogP contribution >= 0.6 is 0 Å². The number of amides is 1. The second-order valence-corrected chi connectivity index (χ2v) is 11.3. The van der Waals surface area contributed by atoms with Crippen LogP contribution in [0.15, 0.2) is 73.5 Å². The third-order valence-corrected chi connectivity index (χ3v) is 7.90. The highest BCUT2D eigenvalue weighted by atomic mass is 16.5. The van der Waals surface area contributed by atoms with Gasteiger partial charge in [0.2, 0.25) is 5.91 Å². The number of aryl methyl sites for hydroxylation is 1. The summed E-state index contributed by atoms with van der Waals surface area (Å²) in [5.74, 6) is 2.92. The highest BCUT2D eigenvalue weighted by Gasteiger charge is 2.34. The van der Waals surface area contributed by atoms with Gasteiger partial charge in [0.05, 0.1) is 17.2 Å². The van der Waals surface area contributed by atoms with Crippen LogP contribution in [0.1, 0.15) is 5.56 Å². The number of fused-ring (bicyclic) bond motifs is 6. The molecular weight excluding hydrogens is 558 g/mol. The number of likely N-dealkylation sites (N-methyl/N-ethyl adjacent to an activating group) is 1. The fourth-order valence-electron chi connectivity index (χ4n) is 5.65. The number of hydrogen-bond donors (Lipinski definition) is 1. The zero-order valence-electron chi connectivity index (χ0n) is 24.8. The first-order valence-electron chi connectivity index (χ1n) is 14.5. The highest BCUT2D eigenvalue weighted by molar-refractivity contribution is 5.95. The zero-order valence-corrected chi connectivity index (χ0v) is 24.8. The number of ether oxygens (including phenoxy) is 2. The summed E-state index contributed by atoms with van der Waals surface area (Å²) in [6.07, 6.45) is 8.46. The van der Waals surface area contributed by atoms with Crippen molar-refractivity contribution < 1.29 is 14.3 Å². The Morgan fingerprint density at radius 1 is 1.11 bits per heavy atom. The summed E-state index contributed by atoms with van der Waals surface area (Å²) in [5, 5.41) is 8.49. The van der Waals surface area contributed by atoms with Gasteiger partial charge in [0, 0.05) is 61.7 Å². The number of nitrogens with zero attached hydrogens (tertiary/aromatic N) is 8. The summed E-state index contributed by atoms with van der Waals surface area (Å²) in [6.45, 7) is 5.21. The number of nitrogens with one attached hydrogen (secondary N) is 1. The number of piperazine rings is 1. The molecule has 0 saturated carbocycles. The topological polar surface area (TPSA) is 113 Å². The maximum atomic E-state index is 13.0. The summed E-state index contributed by atoms with van der Waals surface area (Å²) in [5.41, 5.74) is 4.32. The number of benzene rings is 2. The molecule has 2 bridgehead atoms. The van der Waals surface area contributed by atoms with E-state index >= 15 is 0 Å². The molecule has 2 aliphatic rings. The SMILES string of the molecule is Cc1cc(Nc2ncnc3cc4c(cc23)N2CCN(C(=O)/C=C/CN(C)C)C(CO4)C2)ccc1Oc1ccn2ncnc2c1. The minimum Gasteiger partial charge on any atom is -0.489 e. The molecule has 1 amide bonds. The standard InChI is InChI=1S/C32H33N9O3/c1-21-13-22(6-7-28(21)44-24-8-10-41-30(14-24)34-20-36-41)37-32-25-15-27-29(16-26(25)33-19-35-32)43-18-23-17-39(27)11-12-40(23)31(42)5-4-9-38(2)3/h4-8,10,13-16,19-20,23H,9,11-12,17-18H2,1-3H3,(H,33,35,37)/b5-4+. The largest absolute Gasteiger partial charge is 0.489 e. The predicted molar refractivity (Wildman–Crippen MR) is 168 cm³/mol. The van der Waals surface area contributed by atoms with E-state index in [0.29, 0.717) is 37.8 Å². The normalized spacial score (nSPS) is 16.3. The summed E-state index contributed by atoms with van der Waals surface area (Å²) < 4.78 is 14.1. The predicted octanol–water partition coefficient (Wildman–Crippen LogP) is 4.04. The Balaban J connectivity index is 1.10. The van der Waals surface area contributed by atoms with Gasteiger partial charge in [0.15, 0.2) is 5.65 Å². The maximum absolute atomic E-state index is 13.0. The fraction of sp³-hybridized carbons (Fsp3) is 0.281. The van der Waals surface area contributed by atoms with Crippen LogP contribution in [0.2, 0.25) is 0 Å². The quantitative estimate of drug-likeness (QED) is 0.278. The molecule has 12 heteroatoms. The van der Waals surface area contributed by atoms with Crippen molar-refractivity contribution in [2.24, 2.45) is 0 Å². The summed E-state index contributed by atoms with van der Waals surface area (Å²) in [4.78, 5) is 32.5. The molecule has 224 valence electrons. The minimum atomic E-state index is -0.0403. The van der Waals surface area contributed by atoms with Gasteiger partial charge in [0.1, 0.15) is 42.3 Å². The lowest BCUT2D eigenvalue weighted by atomic mass is 10.1. The van der Waals surface area contributed by atoms with Crippen molar-refractivity contribution in [3.63, 3.8) is 0 Å². The van der Waals surface area contributed by atoms with Crippen molar-refractivity contribution in [2.45, 2.75) is 13.0 Å². The maximum Gasteiger partial charge on any atom is 0.246 e. The molecular formula is C32H33N9O3. The summed E-state index contributed by atoms with van der Waals surface area (Å²) in [6, 6.07) is 13.7. The van der Waals surface area contributed by atoms with Crippen LogP contribution in [-0.2, 0) is 4.79 Å². The molecule has 1 N–H and O–H groups in total. The minimum absolute atomic E-state index is 0.0247. The Hall–Kier alpha value is -5.23. The Bertz CT molecular complexity index is 1890. The van der Waals surface area contributed by atoms with E-state index < -0.39 is 0 Å². The molecule has 3 aromatic heterocycles. The van der Waals surface area contributed by atoms with Gasteiger partial charge in [-0.1, -0.05) is 6.08 Å². The molecule has 12 nitrogen and oxygen atoms in total. The fourth-order valence-corrected chi connectivity index (χ4v) is 5.65. The molecule has 1 saturated heterocycles. The lowest BCUT2D eigenvalue weighted by Crippen LogP contribution is -2.56. The zero-order chi connectivity index (χ0) is 30.2. The molecule has 5 aromatic rings. The number of rotatable bonds is 7. The van der Waals surface area contributed by atoms with Crippen LogP contribution in [0.5, 0.6) is 17.2 Å². The van der Waals surface area contributed by atoms with Crippen molar-refractivity contribution >= 4 is 39.6 Å². The molecule has 0 spiro atoms. The van der Waals surface area contributed by atoms with Gasteiger partial charge in [-0.05, 0) is 56.9 Å². The summed E-state index contributed by atoms with van der Waals surface area (Å²) >= 11 is 0. The molecule has 0 radical (unpaired) electrons. The van der Waals surface area contributed by atoms with E-state index in [1.54, 1.807) is 16.9 Å². The molecule has 1 atom stereocenters. The first-order valence-corrected chi connectivity index (χ1v) is 14.5. The number of pyridine rings is 1. The summed E-state index contributed by atoms with van der Waals surface area (Å²) in [7, 11) is 3.96. The Morgan fingerprint density at radius 2 is 2.02 bits per heavy atom. The first-order chi connectivity index (χ1) is 21.4. The Labute approximate surface area is 254 Å². The van der Waals surface area contributed by atoms with Crippen molar-refractivity contribution in [3.8, 4) is 17.2 Å². The van der Waals surface area contributed by atoms with Crippen LogP contribution in [-0.4, -0.2) is 93.2 Å². The van der Waals surface area contributed by atoms with E-state index in [-0.39, 0.29) is 11.9 Å². The van der Waals surface area contributed by atoms with Crippen LogP contribution in [0.3, 0.4) is 0 Å². The number of carbonyl (C=O) groups excluding carboxylic acids is 1. The van der Waals surface area contributed by atoms with E-state index in [2.05, 4.69) is 36.3 Å². The van der Waals surface area contributed by atoms with Crippen LogP contribution in [0, 0.1) is 6.92 Å².